The molecule has 1 aliphatic heterocycles. The molecule has 1 amide bonds. The van der Waals surface area contributed by atoms with Crippen molar-refractivity contribution in [1.29, 1.82) is 0 Å². The number of rotatable bonds is 3. The van der Waals surface area contributed by atoms with Crippen LogP contribution >= 0.6 is 11.6 Å². The molecule has 3 aromatic carbocycles. The second-order valence-corrected chi connectivity index (χ2v) is 8.01. The summed E-state index contributed by atoms with van der Waals surface area (Å²) in [5.74, 6) is -0.505. The Morgan fingerprint density at radius 2 is 1.69 bits per heavy atom. The van der Waals surface area contributed by atoms with Crippen molar-refractivity contribution >= 4 is 39.9 Å². The average Bonchev–Trinajstić information content (AvgIpc) is 3.07. The highest BCUT2D eigenvalue weighted by atomic mass is 35.5. The number of carbonyl (C=O) groups excluding carboxylic acids is 1. The quantitative estimate of drug-likeness (QED) is 0.309. The highest BCUT2D eigenvalue weighted by Gasteiger charge is 2.43. The Morgan fingerprint density at radius 3 is 2.34 bits per heavy atom. The number of fused-ring (bicyclic) bond motifs is 2. The molecule has 0 spiro atoms. The Balaban J connectivity index is 1.78. The van der Waals surface area contributed by atoms with Gasteiger partial charge in [0.05, 0.1) is 21.9 Å². The van der Waals surface area contributed by atoms with Gasteiger partial charge in [-0.05, 0) is 55.0 Å². The maximum atomic E-state index is 13.5. The number of amides is 1. The third kappa shape index (κ3) is 3.06. The van der Waals surface area contributed by atoms with Crippen LogP contribution in [0.25, 0.3) is 11.0 Å². The molecule has 32 heavy (non-hydrogen) atoms. The lowest BCUT2D eigenvalue weighted by Gasteiger charge is -2.25. The fourth-order valence-electron chi connectivity index (χ4n) is 4.01. The van der Waals surface area contributed by atoms with Crippen LogP contribution in [-0.2, 0) is 0 Å². The molecule has 1 unspecified atom stereocenters. The molecule has 7 nitrogen and oxygen atoms in total. The monoisotopic (exact) mass is 446 g/mol. The summed E-state index contributed by atoms with van der Waals surface area (Å²) in [6.45, 7) is 1.93. The lowest BCUT2D eigenvalue weighted by molar-refractivity contribution is -0.384. The van der Waals surface area contributed by atoms with Gasteiger partial charge in [0.2, 0.25) is 5.76 Å². The van der Waals surface area contributed by atoms with E-state index in [1.54, 1.807) is 36.4 Å². The molecule has 1 aromatic heterocycles. The molecular formula is C24H15ClN2O5. The first-order valence-corrected chi connectivity index (χ1v) is 10.1. The smallest absolute Gasteiger partial charge is 0.295 e. The minimum Gasteiger partial charge on any atom is -0.450 e. The summed E-state index contributed by atoms with van der Waals surface area (Å²) in [5.41, 5.74) is 2.14. The first-order valence-electron chi connectivity index (χ1n) is 9.76. The van der Waals surface area contributed by atoms with Crippen LogP contribution in [0.3, 0.4) is 0 Å². The van der Waals surface area contributed by atoms with Crippen molar-refractivity contribution in [3.63, 3.8) is 0 Å². The van der Waals surface area contributed by atoms with Crippen molar-refractivity contribution in [3.05, 3.63) is 115 Å². The molecule has 0 aliphatic carbocycles. The van der Waals surface area contributed by atoms with Crippen LogP contribution in [-0.4, -0.2) is 10.8 Å². The molecule has 0 saturated heterocycles. The normalized spacial score (nSPS) is 15.2. The number of halogens is 1. The van der Waals surface area contributed by atoms with Crippen LogP contribution in [0.15, 0.2) is 75.9 Å². The number of benzene rings is 3. The van der Waals surface area contributed by atoms with E-state index in [1.165, 1.54) is 23.1 Å². The SMILES string of the molecule is Cc1ccc(N2C(=O)c3oc4ccc(Cl)cc4c(=O)c3C2c2ccc([N+](=O)[O-])cc2)cc1. The summed E-state index contributed by atoms with van der Waals surface area (Å²) in [7, 11) is 0. The molecule has 158 valence electrons. The van der Waals surface area contributed by atoms with Crippen LogP contribution in [0.1, 0.15) is 33.3 Å². The lowest BCUT2D eigenvalue weighted by atomic mass is 9.98. The fourth-order valence-corrected chi connectivity index (χ4v) is 4.18. The van der Waals surface area contributed by atoms with Crippen molar-refractivity contribution in [2.75, 3.05) is 4.90 Å². The van der Waals surface area contributed by atoms with Crippen LogP contribution in [0.2, 0.25) is 5.02 Å². The predicted octanol–water partition coefficient (Wildman–Crippen LogP) is 5.41. The van der Waals surface area contributed by atoms with Crippen molar-refractivity contribution < 1.29 is 14.1 Å². The highest BCUT2D eigenvalue weighted by molar-refractivity contribution is 6.31. The number of non-ortho nitro benzene ring substituents is 1. The van der Waals surface area contributed by atoms with E-state index in [4.69, 9.17) is 16.0 Å². The first kappa shape index (κ1) is 20.0. The number of carbonyl (C=O) groups is 1. The summed E-state index contributed by atoms with van der Waals surface area (Å²) in [5, 5.41) is 11.7. The molecular weight excluding hydrogens is 432 g/mol. The van der Waals surface area contributed by atoms with E-state index in [9.17, 15) is 19.7 Å². The van der Waals surface area contributed by atoms with Gasteiger partial charge in [-0.25, -0.2) is 0 Å². The molecule has 2 heterocycles. The highest BCUT2D eigenvalue weighted by Crippen LogP contribution is 2.41. The molecule has 0 fully saturated rings. The van der Waals surface area contributed by atoms with E-state index in [0.717, 1.165) is 5.56 Å². The molecule has 0 bridgehead atoms. The van der Waals surface area contributed by atoms with Gasteiger partial charge < -0.3 is 4.42 Å². The maximum Gasteiger partial charge on any atom is 0.295 e. The van der Waals surface area contributed by atoms with Gasteiger partial charge in [0.25, 0.3) is 11.6 Å². The summed E-state index contributed by atoms with van der Waals surface area (Å²) in [6.07, 6.45) is 0. The molecule has 4 aromatic rings. The minimum absolute atomic E-state index is 0.0475. The summed E-state index contributed by atoms with van der Waals surface area (Å²) in [4.78, 5) is 39.0. The van der Waals surface area contributed by atoms with E-state index in [1.807, 2.05) is 19.1 Å². The van der Waals surface area contributed by atoms with Gasteiger partial charge in [0.15, 0.2) is 5.43 Å². The largest absolute Gasteiger partial charge is 0.450 e. The van der Waals surface area contributed by atoms with E-state index >= 15 is 0 Å². The number of nitro groups is 1. The van der Waals surface area contributed by atoms with Gasteiger partial charge in [-0.3, -0.25) is 24.6 Å². The van der Waals surface area contributed by atoms with Crippen molar-refractivity contribution in [2.45, 2.75) is 13.0 Å². The molecule has 0 N–H and O–H groups in total. The maximum absolute atomic E-state index is 13.5. The minimum atomic E-state index is -0.805. The van der Waals surface area contributed by atoms with E-state index in [-0.39, 0.29) is 33.4 Å². The van der Waals surface area contributed by atoms with Crippen molar-refractivity contribution in [3.8, 4) is 0 Å². The predicted molar refractivity (Wildman–Crippen MR) is 120 cm³/mol. The molecule has 0 radical (unpaired) electrons. The summed E-state index contributed by atoms with van der Waals surface area (Å²) in [6, 6.07) is 17.0. The molecule has 8 heteroatoms. The van der Waals surface area contributed by atoms with Gasteiger partial charge >= 0.3 is 0 Å². The topological polar surface area (TPSA) is 93.7 Å². The van der Waals surface area contributed by atoms with E-state index in [0.29, 0.717) is 16.3 Å². The second-order valence-electron chi connectivity index (χ2n) is 7.58. The van der Waals surface area contributed by atoms with Crippen LogP contribution in [0.5, 0.6) is 0 Å². The average molecular weight is 447 g/mol. The third-order valence-corrected chi connectivity index (χ3v) is 5.80. The zero-order valence-corrected chi connectivity index (χ0v) is 17.5. The van der Waals surface area contributed by atoms with Gasteiger partial charge in [-0.2, -0.15) is 0 Å². The van der Waals surface area contributed by atoms with Gasteiger partial charge in [0, 0.05) is 22.8 Å². The van der Waals surface area contributed by atoms with Crippen molar-refractivity contribution in [1.82, 2.24) is 0 Å². The van der Waals surface area contributed by atoms with E-state index in [2.05, 4.69) is 0 Å². The molecule has 1 aliphatic rings. The van der Waals surface area contributed by atoms with Gasteiger partial charge in [-0.1, -0.05) is 29.3 Å². The molecule has 0 saturated carbocycles. The summed E-state index contributed by atoms with van der Waals surface area (Å²) < 4.78 is 5.88. The second kappa shape index (κ2) is 7.32. The standard InChI is InChI=1S/C24H15ClN2O5/c1-13-2-7-16(8-3-13)26-21(14-4-9-17(10-5-14)27(30)31)20-22(28)18-12-15(25)6-11-19(18)32-23(20)24(26)29/h2-12,21H,1H3. The number of nitrogens with zero attached hydrogens (tertiary/aromatic N) is 2. The molecule has 5 rings (SSSR count). The Bertz CT molecular complexity index is 1460. The zero-order chi connectivity index (χ0) is 22.6. The van der Waals surface area contributed by atoms with E-state index < -0.39 is 16.9 Å². The van der Waals surface area contributed by atoms with Gasteiger partial charge in [-0.15, -0.1) is 0 Å². The van der Waals surface area contributed by atoms with Crippen LogP contribution in [0, 0.1) is 17.0 Å². The lowest BCUT2D eigenvalue weighted by Crippen LogP contribution is -2.29. The van der Waals surface area contributed by atoms with Gasteiger partial charge in [0.1, 0.15) is 5.58 Å². The Hall–Kier alpha value is -3.97. The number of hydrogen-bond acceptors (Lipinski definition) is 5. The zero-order valence-electron chi connectivity index (χ0n) is 16.7. The number of aryl methyl sites for hydroxylation is 1. The van der Waals surface area contributed by atoms with Crippen LogP contribution in [0.4, 0.5) is 11.4 Å². The van der Waals surface area contributed by atoms with Crippen LogP contribution < -0.4 is 10.3 Å². The molecule has 1 atom stereocenters. The Kier molecular flexibility index (Phi) is 4.56. The van der Waals surface area contributed by atoms with Crippen molar-refractivity contribution in [2.24, 2.45) is 0 Å². The Morgan fingerprint density at radius 1 is 1.00 bits per heavy atom. The fraction of sp³-hybridized carbons (Fsp3) is 0.0833. The number of anilines is 1. The number of nitro benzene ring substituents is 1. The number of hydrogen-bond donors (Lipinski definition) is 0. The Labute approximate surface area is 186 Å². The summed E-state index contributed by atoms with van der Waals surface area (Å²) >= 11 is 6.09. The third-order valence-electron chi connectivity index (χ3n) is 5.56. The first-order chi connectivity index (χ1) is 15.3.